The van der Waals surface area contributed by atoms with Gasteiger partial charge in [-0.05, 0) is 42.8 Å². The molecule has 1 atom stereocenters. The highest BCUT2D eigenvalue weighted by Gasteiger charge is 2.28. The van der Waals surface area contributed by atoms with Gasteiger partial charge >= 0.3 is 0 Å². The number of pyridine rings is 1. The normalized spacial score (nSPS) is 12.5. The van der Waals surface area contributed by atoms with E-state index in [1.54, 1.807) is 24.5 Å². The second kappa shape index (κ2) is 7.39. The number of anilines is 1. The lowest BCUT2D eigenvalue weighted by molar-refractivity contribution is -0.122. The van der Waals surface area contributed by atoms with Crippen molar-refractivity contribution in [2.75, 3.05) is 10.6 Å². The lowest BCUT2D eigenvalue weighted by Crippen LogP contribution is -2.47. The first-order valence-electron chi connectivity index (χ1n) is 7.20. The summed E-state index contributed by atoms with van der Waals surface area (Å²) in [6.07, 6.45) is 4.23. The first-order valence-corrected chi connectivity index (χ1v) is 9.05. The molecule has 1 aromatic heterocycles. The van der Waals surface area contributed by atoms with Crippen LogP contribution in [0.25, 0.3) is 0 Å². The number of hydrogen-bond donors (Lipinski definition) is 1. The van der Waals surface area contributed by atoms with E-state index in [1.165, 1.54) is 19.1 Å². The summed E-state index contributed by atoms with van der Waals surface area (Å²) in [4.78, 5) is 16.3. The number of carbonyl (C=O) groups is 1. The Labute approximate surface area is 140 Å². The van der Waals surface area contributed by atoms with E-state index in [0.717, 1.165) is 28.3 Å². The van der Waals surface area contributed by atoms with Crippen LogP contribution in [0.4, 0.5) is 10.1 Å². The minimum Gasteiger partial charge on any atom is -0.350 e. The number of amides is 1. The number of halogens is 1. The summed E-state index contributed by atoms with van der Waals surface area (Å²) < 4.78 is 38.2. The van der Waals surface area contributed by atoms with Gasteiger partial charge < -0.3 is 5.32 Å². The maximum atomic E-state index is 13.1. The standard InChI is InChI=1S/C16H18FN3O3S/c1-12(16(21)19-11-13-4-3-9-18-10-13)20(24(2,22)23)15-7-5-14(17)6-8-15/h3-10,12H,11H2,1-2H3,(H,19,21). The summed E-state index contributed by atoms with van der Waals surface area (Å²) >= 11 is 0. The van der Waals surface area contributed by atoms with Gasteiger partial charge in [0.05, 0.1) is 11.9 Å². The topological polar surface area (TPSA) is 79.4 Å². The van der Waals surface area contributed by atoms with Gasteiger partial charge in [-0.15, -0.1) is 0 Å². The smallest absolute Gasteiger partial charge is 0.243 e. The molecule has 128 valence electrons. The van der Waals surface area contributed by atoms with E-state index in [9.17, 15) is 17.6 Å². The SMILES string of the molecule is CC(C(=O)NCc1cccnc1)N(c1ccc(F)cc1)S(C)(=O)=O. The van der Waals surface area contributed by atoms with Gasteiger partial charge in [0.2, 0.25) is 15.9 Å². The van der Waals surface area contributed by atoms with Gasteiger partial charge in [-0.1, -0.05) is 6.07 Å². The van der Waals surface area contributed by atoms with Crippen molar-refractivity contribution in [3.63, 3.8) is 0 Å². The van der Waals surface area contributed by atoms with E-state index in [0.29, 0.717) is 0 Å². The predicted octanol–water partition coefficient (Wildman–Crippen LogP) is 1.69. The van der Waals surface area contributed by atoms with Crippen molar-refractivity contribution in [1.82, 2.24) is 10.3 Å². The second-order valence-corrected chi connectivity index (χ2v) is 7.15. The molecule has 24 heavy (non-hydrogen) atoms. The Morgan fingerprint density at radius 3 is 2.50 bits per heavy atom. The molecule has 6 nitrogen and oxygen atoms in total. The summed E-state index contributed by atoms with van der Waals surface area (Å²) in [5.41, 5.74) is 1.02. The quantitative estimate of drug-likeness (QED) is 0.859. The molecule has 2 aromatic rings. The fraction of sp³-hybridized carbons (Fsp3) is 0.250. The van der Waals surface area contributed by atoms with Crippen molar-refractivity contribution in [3.05, 3.63) is 60.2 Å². The monoisotopic (exact) mass is 351 g/mol. The molecule has 0 radical (unpaired) electrons. The van der Waals surface area contributed by atoms with Gasteiger partial charge in [-0.25, -0.2) is 12.8 Å². The van der Waals surface area contributed by atoms with Crippen molar-refractivity contribution in [3.8, 4) is 0 Å². The number of aromatic nitrogens is 1. The fourth-order valence-electron chi connectivity index (χ4n) is 2.24. The highest BCUT2D eigenvalue weighted by atomic mass is 32.2. The Hall–Kier alpha value is -2.48. The van der Waals surface area contributed by atoms with Crippen LogP contribution in [-0.4, -0.2) is 31.6 Å². The zero-order valence-electron chi connectivity index (χ0n) is 13.3. The highest BCUT2D eigenvalue weighted by Crippen LogP contribution is 2.21. The molecule has 0 bridgehead atoms. The minimum absolute atomic E-state index is 0.225. The van der Waals surface area contributed by atoms with Gasteiger partial charge in [-0.2, -0.15) is 0 Å². The molecule has 1 aromatic carbocycles. The number of sulfonamides is 1. The van der Waals surface area contributed by atoms with Crippen molar-refractivity contribution in [2.24, 2.45) is 0 Å². The van der Waals surface area contributed by atoms with Crippen LogP contribution in [0.15, 0.2) is 48.8 Å². The molecule has 0 fully saturated rings. The van der Waals surface area contributed by atoms with Crippen LogP contribution in [0.5, 0.6) is 0 Å². The first-order chi connectivity index (χ1) is 11.3. The van der Waals surface area contributed by atoms with E-state index in [-0.39, 0.29) is 12.2 Å². The van der Waals surface area contributed by atoms with E-state index in [2.05, 4.69) is 10.3 Å². The molecule has 1 unspecified atom stereocenters. The van der Waals surface area contributed by atoms with E-state index < -0.39 is 27.8 Å². The molecule has 8 heteroatoms. The third-order valence-electron chi connectivity index (χ3n) is 3.36. The summed E-state index contributed by atoms with van der Waals surface area (Å²) in [7, 11) is -3.72. The Bertz CT molecular complexity index is 795. The number of nitrogens with one attached hydrogen (secondary N) is 1. The van der Waals surface area contributed by atoms with Crippen LogP contribution in [0.3, 0.4) is 0 Å². The molecule has 0 spiro atoms. The molecule has 0 saturated carbocycles. The molecular formula is C16H18FN3O3S. The zero-order chi connectivity index (χ0) is 17.7. The van der Waals surface area contributed by atoms with Crippen LogP contribution >= 0.6 is 0 Å². The molecular weight excluding hydrogens is 333 g/mol. The van der Waals surface area contributed by atoms with Crippen molar-refractivity contribution in [2.45, 2.75) is 19.5 Å². The van der Waals surface area contributed by atoms with Crippen molar-refractivity contribution < 1.29 is 17.6 Å². The fourth-order valence-corrected chi connectivity index (χ4v) is 3.41. The Balaban J connectivity index is 2.17. The lowest BCUT2D eigenvalue weighted by atomic mass is 10.2. The third kappa shape index (κ3) is 4.51. The Morgan fingerprint density at radius 1 is 1.29 bits per heavy atom. The molecule has 2 rings (SSSR count). The van der Waals surface area contributed by atoms with Crippen LogP contribution in [0, 0.1) is 5.82 Å². The second-order valence-electron chi connectivity index (χ2n) is 5.29. The van der Waals surface area contributed by atoms with Crippen LogP contribution in [-0.2, 0) is 21.4 Å². The summed E-state index contributed by atoms with van der Waals surface area (Å²) in [5.74, 6) is -0.950. The van der Waals surface area contributed by atoms with Crippen molar-refractivity contribution >= 4 is 21.6 Å². The molecule has 0 aliphatic heterocycles. The van der Waals surface area contributed by atoms with Gasteiger partial charge in [-0.3, -0.25) is 14.1 Å². The highest BCUT2D eigenvalue weighted by molar-refractivity contribution is 7.92. The van der Waals surface area contributed by atoms with Crippen LogP contribution in [0.2, 0.25) is 0 Å². The third-order valence-corrected chi connectivity index (χ3v) is 4.60. The molecule has 0 saturated heterocycles. The van der Waals surface area contributed by atoms with Crippen LogP contribution in [0.1, 0.15) is 12.5 Å². The first kappa shape index (κ1) is 17.9. The molecule has 0 aliphatic rings. The maximum Gasteiger partial charge on any atom is 0.243 e. The Kier molecular flexibility index (Phi) is 5.50. The minimum atomic E-state index is -3.72. The zero-order valence-corrected chi connectivity index (χ0v) is 14.1. The molecule has 0 aliphatic carbocycles. The van der Waals surface area contributed by atoms with E-state index in [1.807, 2.05) is 0 Å². The Morgan fingerprint density at radius 2 is 1.96 bits per heavy atom. The predicted molar refractivity (Wildman–Crippen MR) is 89.3 cm³/mol. The summed E-state index contributed by atoms with van der Waals surface area (Å²) in [6, 6.07) is 7.49. The molecule has 1 amide bonds. The van der Waals surface area contributed by atoms with Crippen molar-refractivity contribution in [1.29, 1.82) is 0 Å². The number of rotatable bonds is 6. The van der Waals surface area contributed by atoms with Gasteiger partial charge in [0.15, 0.2) is 0 Å². The van der Waals surface area contributed by atoms with E-state index in [4.69, 9.17) is 0 Å². The average Bonchev–Trinajstić information content (AvgIpc) is 2.54. The summed E-state index contributed by atoms with van der Waals surface area (Å²) in [5, 5.41) is 2.67. The largest absolute Gasteiger partial charge is 0.350 e. The summed E-state index contributed by atoms with van der Waals surface area (Å²) in [6.45, 7) is 1.71. The average molecular weight is 351 g/mol. The maximum absolute atomic E-state index is 13.1. The lowest BCUT2D eigenvalue weighted by Gasteiger charge is -2.28. The molecule has 1 N–H and O–H groups in total. The van der Waals surface area contributed by atoms with Gasteiger partial charge in [0, 0.05) is 18.9 Å². The number of nitrogens with zero attached hydrogens (tertiary/aromatic N) is 2. The number of carbonyl (C=O) groups excluding carboxylic acids is 1. The molecule has 1 heterocycles. The number of hydrogen-bond acceptors (Lipinski definition) is 4. The van der Waals surface area contributed by atoms with E-state index >= 15 is 0 Å². The van der Waals surface area contributed by atoms with Crippen LogP contribution < -0.4 is 9.62 Å². The van der Waals surface area contributed by atoms with Gasteiger partial charge in [0.25, 0.3) is 0 Å². The van der Waals surface area contributed by atoms with Gasteiger partial charge in [0.1, 0.15) is 11.9 Å². The number of benzene rings is 1.